The Morgan fingerprint density at radius 3 is 2.61 bits per heavy atom. The second-order valence-electron chi connectivity index (χ2n) is 5.81. The van der Waals surface area contributed by atoms with Crippen LogP contribution < -0.4 is 5.32 Å². The largest absolute Gasteiger partial charge is 0.346 e. The van der Waals surface area contributed by atoms with Crippen LogP contribution in [0.2, 0.25) is 0 Å². The molecule has 0 radical (unpaired) electrons. The molecule has 124 valence electrons. The number of para-hydroxylation sites is 2. The van der Waals surface area contributed by atoms with E-state index in [9.17, 15) is 4.79 Å². The minimum Gasteiger partial charge on any atom is -0.346 e. The summed E-state index contributed by atoms with van der Waals surface area (Å²) in [6, 6.07) is 7.84. The number of halogens is 1. The number of aromatic nitrogens is 2. The van der Waals surface area contributed by atoms with Gasteiger partial charge in [0, 0.05) is 10.4 Å². The standard InChI is InChI=1S/C18H24BrN3O/c1-5-14(6-2)18(23)20-13(4)17-21-15-9-7-8-10-16(15)22(17)11-12(3)19/h7-10,13-14H,3,5-6,11H2,1-2,4H3,(H,20,23). The number of benzene rings is 1. The van der Waals surface area contributed by atoms with Gasteiger partial charge in [0.25, 0.3) is 0 Å². The number of nitrogens with zero attached hydrogens (tertiary/aromatic N) is 2. The Labute approximate surface area is 146 Å². The number of imidazole rings is 1. The number of hydrogen-bond acceptors (Lipinski definition) is 2. The van der Waals surface area contributed by atoms with Gasteiger partial charge in [-0.1, -0.05) is 48.5 Å². The van der Waals surface area contributed by atoms with E-state index in [4.69, 9.17) is 4.98 Å². The number of carbonyl (C=O) groups is 1. The van der Waals surface area contributed by atoms with Crippen molar-refractivity contribution in [3.8, 4) is 0 Å². The molecular formula is C18H24BrN3O. The molecule has 0 aliphatic carbocycles. The van der Waals surface area contributed by atoms with Gasteiger partial charge in [0.2, 0.25) is 5.91 Å². The smallest absolute Gasteiger partial charge is 0.223 e. The fraction of sp³-hybridized carbons (Fsp3) is 0.444. The molecule has 1 aromatic carbocycles. The Bertz CT molecular complexity index is 703. The van der Waals surface area contributed by atoms with Crippen molar-refractivity contribution in [2.45, 2.75) is 46.2 Å². The van der Waals surface area contributed by atoms with Gasteiger partial charge in [0.05, 0.1) is 23.6 Å². The fourth-order valence-corrected chi connectivity index (χ4v) is 3.07. The highest BCUT2D eigenvalue weighted by molar-refractivity contribution is 9.11. The first-order valence-corrected chi connectivity index (χ1v) is 8.86. The number of amides is 1. The Morgan fingerprint density at radius 2 is 2.00 bits per heavy atom. The SMILES string of the molecule is C=C(Br)Cn1c(C(C)NC(=O)C(CC)CC)nc2ccccc21. The normalized spacial score (nSPS) is 12.6. The van der Waals surface area contributed by atoms with Crippen LogP contribution in [0.3, 0.4) is 0 Å². The van der Waals surface area contributed by atoms with Gasteiger partial charge in [-0.05, 0) is 31.9 Å². The number of fused-ring (bicyclic) bond motifs is 1. The monoisotopic (exact) mass is 377 g/mol. The number of carbonyl (C=O) groups excluding carboxylic acids is 1. The van der Waals surface area contributed by atoms with Gasteiger partial charge < -0.3 is 9.88 Å². The number of rotatable bonds is 7. The first-order chi connectivity index (χ1) is 11.0. The van der Waals surface area contributed by atoms with E-state index in [0.29, 0.717) is 6.54 Å². The molecule has 1 unspecified atom stereocenters. The zero-order chi connectivity index (χ0) is 17.0. The predicted molar refractivity (Wildman–Crippen MR) is 98.4 cm³/mol. The van der Waals surface area contributed by atoms with Crippen LogP contribution >= 0.6 is 15.9 Å². The Morgan fingerprint density at radius 1 is 1.35 bits per heavy atom. The first-order valence-electron chi connectivity index (χ1n) is 8.06. The molecule has 23 heavy (non-hydrogen) atoms. The minimum atomic E-state index is -0.151. The predicted octanol–water partition coefficient (Wildman–Crippen LogP) is 4.56. The summed E-state index contributed by atoms with van der Waals surface area (Å²) in [4.78, 5) is 17.1. The lowest BCUT2D eigenvalue weighted by atomic mass is 10.0. The van der Waals surface area contributed by atoms with Crippen LogP contribution in [0.15, 0.2) is 35.3 Å². The second-order valence-corrected chi connectivity index (χ2v) is 6.93. The van der Waals surface area contributed by atoms with Gasteiger partial charge >= 0.3 is 0 Å². The molecule has 1 atom stereocenters. The molecule has 4 nitrogen and oxygen atoms in total. The van der Waals surface area contributed by atoms with Crippen LogP contribution in [0.4, 0.5) is 0 Å². The third-order valence-corrected chi connectivity index (χ3v) is 4.37. The van der Waals surface area contributed by atoms with Crippen molar-refractivity contribution in [3.63, 3.8) is 0 Å². The fourth-order valence-electron chi connectivity index (χ4n) is 2.82. The molecule has 2 rings (SSSR count). The molecule has 1 aromatic heterocycles. The molecular weight excluding hydrogens is 354 g/mol. The molecule has 2 aromatic rings. The molecule has 0 fully saturated rings. The zero-order valence-electron chi connectivity index (χ0n) is 14.0. The molecule has 0 aliphatic rings. The van der Waals surface area contributed by atoms with Crippen LogP contribution in [0.25, 0.3) is 11.0 Å². The molecule has 0 saturated heterocycles. The van der Waals surface area contributed by atoms with Gasteiger partial charge in [-0.3, -0.25) is 4.79 Å². The number of hydrogen-bond donors (Lipinski definition) is 1. The van der Waals surface area contributed by atoms with Crippen molar-refractivity contribution in [3.05, 3.63) is 41.2 Å². The summed E-state index contributed by atoms with van der Waals surface area (Å²) in [6.45, 7) is 10.6. The summed E-state index contributed by atoms with van der Waals surface area (Å²) in [5, 5.41) is 3.11. The topological polar surface area (TPSA) is 46.9 Å². The maximum absolute atomic E-state index is 12.4. The quantitative estimate of drug-likeness (QED) is 0.768. The van der Waals surface area contributed by atoms with Gasteiger partial charge in [0.15, 0.2) is 0 Å². The Kier molecular flexibility index (Phi) is 5.99. The van der Waals surface area contributed by atoms with Crippen molar-refractivity contribution in [1.82, 2.24) is 14.9 Å². The lowest BCUT2D eigenvalue weighted by Gasteiger charge is -2.19. The average molecular weight is 378 g/mol. The van der Waals surface area contributed by atoms with E-state index in [0.717, 1.165) is 34.2 Å². The van der Waals surface area contributed by atoms with Crippen LogP contribution in [-0.2, 0) is 11.3 Å². The summed E-state index contributed by atoms with van der Waals surface area (Å²) < 4.78 is 2.98. The summed E-state index contributed by atoms with van der Waals surface area (Å²) in [5.74, 6) is 1.01. The first kappa shape index (κ1) is 17.7. The molecule has 0 saturated carbocycles. The zero-order valence-corrected chi connectivity index (χ0v) is 15.6. The molecule has 0 bridgehead atoms. The van der Waals surface area contributed by atoms with Crippen molar-refractivity contribution >= 4 is 32.9 Å². The van der Waals surface area contributed by atoms with E-state index in [1.165, 1.54) is 0 Å². The maximum Gasteiger partial charge on any atom is 0.223 e. The Balaban J connectivity index is 2.34. The lowest BCUT2D eigenvalue weighted by molar-refractivity contribution is -0.125. The van der Waals surface area contributed by atoms with E-state index in [2.05, 4.69) is 32.4 Å². The maximum atomic E-state index is 12.4. The molecule has 0 spiro atoms. The number of allylic oxidation sites excluding steroid dienone is 1. The van der Waals surface area contributed by atoms with Gasteiger partial charge in [-0.15, -0.1) is 0 Å². The van der Waals surface area contributed by atoms with Crippen LogP contribution in [-0.4, -0.2) is 15.5 Å². The van der Waals surface area contributed by atoms with Crippen LogP contribution in [0.5, 0.6) is 0 Å². The highest BCUT2D eigenvalue weighted by Crippen LogP contribution is 2.23. The third-order valence-electron chi connectivity index (χ3n) is 4.12. The van der Waals surface area contributed by atoms with Crippen LogP contribution in [0.1, 0.15) is 45.5 Å². The average Bonchev–Trinajstić information content (AvgIpc) is 2.87. The van der Waals surface area contributed by atoms with Gasteiger partial charge in [0.1, 0.15) is 5.82 Å². The van der Waals surface area contributed by atoms with Crippen molar-refractivity contribution in [2.24, 2.45) is 5.92 Å². The molecule has 1 heterocycles. The van der Waals surface area contributed by atoms with Gasteiger partial charge in [-0.2, -0.15) is 0 Å². The summed E-state index contributed by atoms with van der Waals surface area (Å²) >= 11 is 3.43. The van der Waals surface area contributed by atoms with E-state index < -0.39 is 0 Å². The lowest BCUT2D eigenvalue weighted by Crippen LogP contribution is -2.33. The third kappa shape index (κ3) is 4.02. The number of nitrogens with one attached hydrogen (secondary N) is 1. The molecule has 5 heteroatoms. The summed E-state index contributed by atoms with van der Waals surface area (Å²) in [5.41, 5.74) is 1.98. The van der Waals surface area contributed by atoms with Crippen molar-refractivity contribution < 1.29 is 4.79 Å². The van der Waals surface area contributed by atoms with Crippen LogP contribution in [0, 0.1) is 5.92 Å². The highest BCUT2D eigenvalue weighted by atomic mass is 79.9. The van der Waals surface area contributed by atoms with E-state index in [1.54, 1.807) is 0 Å². The highest BCUT2D eigenvalue weighted by Gasteiger charge is 2.21. The van der Waals surface area contributed by atoms with E-state index in [1.807, 2.05) is 45.0 Å². The molecule has 1 amide bonds. The van der Waals surface area contributed by atoms with E-state index in [-0.39, 0.29) is 17.9 Å². The Hall–Kier alpha value is -1.62. The summed E-state index contributed by atoms with van der Waals surface area (Å²) in [6.07, 6.45) is 1.70. The summed E-state index contributed by atoms with van der Waals surface area (Å²) in [7, 11) is 0. The van der Waals surface area contributed by atoms with Gasteiger partial charge in [-0.25, -0.2) is 4.98 Å². The minimum absolute atomic E-state index is 0.0569. The van der Waals surface area contributed by atoms with Crippen molar-refractivity contribution in [2.75, 3.05) is 0 Å². The van der Waals surface area contributed by atoms with Crippen molar-refractivity contribution in [1.29, 1.82) is 0 Å². The second kappa shape index (κ2) is 7.77. The molecule has 0 aliphatic heterocycles. The van der Waals surface area contributed by atoms with E-state index >= 15 is 0 Å². The molecule has 1 N–H and O–H groups in total.